The van der Waals surface area contributed by atoms with Gasteiger partial charge >= 0.3 is 12.1 Å². The highest BCUT2D eigenvalue weighted by atomic mass is 35.5. The van der Waals surface area contributed by atoms with Crippen LogP contribution in [0.3, 0.4) is 0 Å². The second-order valence-corrected chi connectivity index (χ2v) is 16.1. The SMILES string of the molecule is COc1cc(C(=O)N2CCC(c3cnc(N)cc3OC)CC2)ncc1OCC(C)C.COc1cc(C(=O)O)ncc1OCC(C)C.COc1cc(N)ncc1C1CCNCC1.Cl.Cl.O=CC(F)(F)F. The van der Waals surface area contributed by atoms with Crippen molar-refractivity contribution in [1.29, 1.82) is 0 Å². The predicted molar refractivity (Wildman–Crippen MR) is 259 cm³/mol. The first-order chi connectivity index (χ1) is 31.8. The number of carbonyl (C=O) groups is 3. The van der Waals surface area contributed by atoms with Crippen LogP contribution in [0.15, 0.2) is 49.1 Å². The van der Waals surface area contributed by atoms with E-state index in [9.17, 15) is 22.8 Å². The molecule has 23 heteroatoms. The van der Waals surface area contributed by atoms with E-state index in [0.29, 0.717) is 84.4 Å². The molecule has 6 heterocycles. The molecule has 2 aliphatic heterocycles. The zero-order valence-corrected chi connectivity index (χ0v) is 41.7. The number of carboxylic acid groups (broad SMARTS) is 1. The molecule has 69 heavy (non-hydrogen) atoms. The Bertz CT molecular complexity index is 2200. The number of likely N-dealkylation sites (tertiary alicyclic amines) is 1. The van der Waals surface area contributed by atoms with Crippen molar-refractivity contribution in [1.82, 2.24) is 30.2 Å². The van der Waals surface area contributed by atoms with E-state index in [1.165, 1.54) is 24.9 Å². The number of methoxy groups -OCH3 is 4. The minimum absolute atomic E-state index is 0. The van der Waals surface area contributed by atoms with E-state index in [2.05, 4.69) is 39.1 Å². The third-order valence-corrected chi connectivity index (χ3v) is 10.1. The van der Waals surface area contributed by atoms with Crippen LogP contribution in [0, 0.1) is 11.8 Å². The molecule has 2 fully saturated rings. The summed E-state index contributed by atoms with van der Waals surface area (Å²) in [5.74, 6) is 4.86. The molecule has 0 radical (unpaired) electrons. The number of nitrogen functional groups attached to an aromatic ring is 2. The number of hydrogen-bond donors (Lipinski definition) is 4. The van der Waals surface area contributed by atoms with E-state index < -0.39 is 18.4 Å². The number of nitrogens with two attached hydrogens (primary N) is 2. The molecule has 4 aromatic heterocycles. The molecule has 0 atom stereocenters. The molecule has 1 amide bonds. The van der Waals surface area contributed by atoms with Gasteiger partial charge in [-0.3, -0.25) is 9.59 Å². The van der Waals surface area contributed by atoms with Crippen LogP contribution in [0.5, 0.6) is 34.5 Å². The number of aromatic carboxylic acids is 1. The highest BCUT2D eigenvalue weighted by Crippen LogP contribution is 2.36. The first kappa shape index (κ1) is 61.0. The number of amides is 1. The quantitative estimate of drug-likeness (QED) is 0.0885. The fourth-order valence-corrected chi connectivity index (χ4v) is 6.71. The number of rotatable bonds is 14. The van der Waals surface area contributed by atoms with E-state index in [4.69, 9.17) is 49.8 Å². The van der Waals surface area contributed by atoms with Crippen molar-refractivity contribution in [3.8, 4) is 34.5 Å². The molecule has 18 nitrogen and oxygen atoms in total. The number of nitrogens with one attached hydrogen (secondary N) is 1. The number of aldehydes is 1. The number of piperidine rings is 2. The highest BCUT2D eigenvalue weighted by molar-refractivity contribution is 5.93. The summed E-state index contributed by atoms with van der Waals surface area (Å²) in [7, 11) is 6.33. The Labute approximate surface area is 413 Å². The van der Waals surface area contributed by atoms with Gasteiger partial charge in [0, 0.05) is 60.9 Å². The van der Waals surface area contributed by atoms with Gasteiger partial charge in [-0.2, -0.15) is 13.2 Å². The number of ether oxygens (including phenoxy) is 6. The number of aromatic nitrogens is 4. The Hall–Kier alpha value is -6.06. The van der Waals surface area contributed by atoms with Gasteiger partial charge in [0.2, 0.25) is 6.29 Å². The van der Waals surface area contributed by atoms with Crippen LogP contribution in [0.4, 0.5) is 24.8 Å². The number of alkyl halides is 3. The number of nitrogens with zero attached hydrogens (tertiary/aromatic N) is 5. The molecule has 2 saturated heterocycles. The normalized spacial score (nSPS) is 13.6. The maximum atomic E-state index is 13.0. The topological polar surface area (TPSA) is 246 Å². The molecular weight excluding hydrogens is 952 g/mol. The minimum atomic E-state index is -4.64. The van der Waals surface area contributed by atoms with Gasteiger partial charge in [0.05, 0.1) is 54.0 Å². The number of pyridine rings is 4. The summed E-state index contributed by atoms with van der Waals surface area (Å²) in [6.07, 6.45) is 4.78. The van der Waals surface area contributed by atoms with Crippen LogP contribution in [-0.2, 0) is 4.79 Å². The molecule has 6 N–H and O–H groups in total. The van der Waals surface area contributed by atoms with Gasteiger partial charge < -0.3 is 55.2 Å². The summed E-state index contributed by atoms with van der Waals surface area (Å²) >= 11 is 0. The molecule has 0 saturated carbocycles. The van der Waals surface area contributed by atoms with E-state index in [0.717, 1.165) is 55.8 Å². The zero-order valence-electron chi connectivity index (χ0n) is 40.0. The van der Waals surface area contributed by atoms with Crippen molar-refractivity contribution in [3.63, 3.8) is 0 Å². The summed E-state index contributed by atoms with van der Waals surface area (Å²) in [5.41, 5.74) is 13.9. The number of hydrogen-bond acceptors (Lipinski definition) is 16. The molecule has 4 aromatic rings. The maximum absolute atomic E-state index is 13.0. The van der Waals surface area contributed by atoms with Gasteiger partial charge in [0.15, 0.2) is 28.7 Å². The average Bonchev–Trinajstić information content (AvgIpc) is 3.32. The van der Waals surface area contributed by atoms with Crippen molar-refractivity contribution >= 4 is 54.6 Å². The fourth-order valence-electron chi connectivity index (χ4n) is 6.71. The molecule has 384 valence electrons. The fraction of sp³-hybridized carbons (Fsp3) is 0.500. The molecule has 0 unspecified atom stereocenters. The summed E-state index contributed by atoms with van der Waals surface area (Å²) < 4.78 is 63.7. The number of anilines is 2. The lowest BCUT2D eigenvalue weighted by Gasteiger charge is -2.32. The van der Waals surface area contributed by atoms with Crippen LogP contribution < -0.4 is 45.2 Å². The van der Waals surface area contributed by atoms with Crippen LogP contribution in [0.1, 0.15) is 97.3 Å². The Balaban J connectivity index is 0.000000517. The number of carboxylic acids is 1. The largest absolute Gasteiger partial charge is 0.496 e. The first-order valence-electron chi connectivity index (χ1n) is 21.5. The van der Waals surface area contributed by atoms with Gasteiger partial charge in [0.25, 0.3) is 5.91 Å². The third-order valence-electron chi connectivity index (χ3n) is 10.1. The van der Waals surface area contributed by atoms with E-state index in [1.54, 1.807) is 51.9 Å². The van der Waals surface area contributed by atoms with Crippen LogP contribution in [0.2, 0.25) is 0 Å². The lowest BCUT2D eigenvalue weighted by Crippen LogP contribution is -2.38. The van der Waals surface area contributed by atoms with E-state index in [-0.39, 0.29) is 42.3 Å². The summed E-state index contributed by atoms with van der Waals surface area (Å²) in [4.78, 5) is 50.6. The van der Waals surface area contributed by atoms with Crippen LogP contribution >= 0.6 is 24.8 Å². The van der Waals surface area contributed by atoms with E-state index in [1.807, 2.05) is 24.9 Å². The zero-order chi connectivity index (χ0) is 49.7. The third kappa shape index (κ3) is 20.2. The van der Waals surface area contributed by atoms with Gasteiger partial charge in [-0.05, 0) is 62.4 Å². The first-order valence-corrected chi connectivity index (χ1v) is 21.5. The molecule has 0 bridgehead atoms. The number of carbonyl (C=O) groups excluding carboxylic acids is 2. The number of halogens is 5. The van der Waals surface area contributed by atoms with Crippen molar-refractivity contribution in [2.45, 2.75) is 71.4 Å². The Morgan fingerprint density at radius 1 is 0.681 bits per heavy atom. The average molecular weight is 1020 g/mol. The van der Waals surface area contributed by atoms with Gasteiger partial charge in [-0.15, -0.1) is 24.8 Å². The Morgan fingerprint density at radius 3 is 1.45 bits per heavy atom. The summed E-state index contributed by atoms with van der Waals surface area (Å²) in [6, 6.07) is 6.54. The second-order valence-electron chi connectivity index (χ2n) is 16.1. The predicted octanol–water partition coefficient (Wildman–Crippen LogP) is 7.68. The van der Waals surface area contributed by atoms with Gasteiger partial charge in [-0.1, -0.05) is 27.7 Å². The maximum Gasteiger partial charge on any atom is 0.446 e. The lowest BCUT2D eigenvalue weighted by molar-refractivity contribution is -0.156. The molecule has 6 rings (SSSR count). The Kier molecular flexibility index (Phi) is 26.9. The summed E-state index contributed by atoms with van der Waals surface area (Å²) in [6.45, 7) is 12.7. The highest BCUT2D eigenvalue weighted by Gasteiger charge is 2.28. The molecule has 0 aliphatic carbocycles. The van der Waals surface area contributed by atoms with Crippen LogP contribution in [0.25, 0.3) is 0 Å². The molecule has 0 aromatic carbocycles. The standard InChI is InChI=1S/C22H30N4O4.C11H17N3O.C11H15NO4.C2HF3O.2ClH/c1-14(2)13-30-20-12-24-17(9-19(20)29-4)22(27)26-7-5-15(6-8-26)16-11-25-21(23)10-18(16)28-3;1-15-10-6-11(12)14-7-9(10)8-2-4-13-5-3-8;1-7(2)6-16-10-5-12-8(11(13)14)4-9(10)15-3;3-2(4,5)1-6;;/h9-12,14-15H,5-8,13H2,1-4H3,(H2,23,25);6-8,13H,2-5H2,1H3,(H2,12,14);4-5,7H,6H2,1-3H3,(H,13,14);1H;2*1H. The van der Waals surface area contributed by atoms with Gasteiger partial charge in [0.1, 0.15) is 28.8 Å². The van der Waals surface area contributed by atoms with Crippen molar-refractivity contribution in [2.75, 3.05) is 79.3 Å². The Morgan fingerprint density at radius 2 is 1.07 bits per heavy atom. The minimum Gasteiger partial charge on any atom is -0.496 e. The van der Waals surface area contributed by atoms with Crippen molar-refractivity contribution < 1.29 is 61.1 Å². The van der Waals surface area contributed by atoms with Gasteiger partial charge in [-0.25, -0.2) is 24.7 Å². The van der Waals surface area contributed by atoms with Crippen LogP contribution in [-0.4, -0.2) is 122 Å². The monoisotopic (exact) mass is 1020 g/mol. The smallest absolute Gasteiger partial charge is 0.446 e. The second kappa shape index (κ2) is 30.4. The summed E-state index contributed by atoms with van der Waals surface area (Å²) in [5, 5.41) is 12.1. The lowest BCUT2D eigenvalue weighted by atomic mass is 9.89. The molecule has 2 aliphatic rings. The molecule has 0 spiro atoms. The van der Waals surface area contributed by atoms with Crippen molar-refractivity contribution in [3.05, 3.63) is 71.6 Å². The molecular formula is C46H65Cl2F3N8O10. The van der Waals surface area contributed by atoms with Crippen molar-refractivity contribution in [2.24, 2.45) is 11.8 Å². The van der Waals surface area contributed by atoms with E-state index >= 15 is 0 Å².